The quantitative estimate of drug-likeness (QED) is 0.421. The highest BCUT2D eigenvalue weighted by Gasteiger charge is 2.40. The van der Waals surface area contributed by atoms with Crippen molar-refractivity contribution < 1.29 is 17.6 Å². The van der Waals surface area contributed by atoms with E-state index in [9.17, 15) is 17.6 Å². The molecule has 3 aromatic rings. The molecule has 0 aliphatic carbocycles. The first-order chi connectivity index (χ1) is 13.4. The molecule has 3 rings (SSSR count). The Morgan fingerprint density at radius 1 is 0.786 bits per heavy atom. The van der Waals surface area contributed by atoms with Gasteiger partial charge in [-0.25, -0.2) is 4.39 Å². The van der Waals surface area contributed by atoms with E-state index in [2.05, 4.69) is 5.32 Å². The molecule has 0 heterocycles. The maximum atomic E-state index is 13.4. The highest BCUT2D eigenvalue weighted by molar-refractivity contribution is 5.60. The van der Waals surface area contributed by atoms with Crippen molar-refractivity contribution in [2.75, 3.05) is 5.32 Å². The smallest absolute Gasteiger partial charge is 0.356 e. The number of hydrogen-bond acceptors (Lipinski definition) is 1. The fourth-order valence-electron chi connectivity index (χ4n) is 3.22. The number of benzene rings is 3. The normalized spacial score (nSPS) is 12.6. The van der Waals surface area contributed by atoms with E-state index in [1.54, 1.807) is 0 Å². The van der Waals surface area contributed by atoms with Crippen LogP contribution >= 0.6 is 0 Å². The van der Waals surface area contributed by atoms with Gasteiger partial charge in [0.2, 0.25) is 0 Å². The van der Waals surface area contributed by atoms with Crippen molar-refractivity contribution in [3.63, 3.8) is 0 Å². The molecular weight excluding hydrogens is 366 g/mol. The minimum Gasteiger partial charge on any atom is -0.356 e. The molecule has 0 saturated carbocycles. The molecule has 0 amide bonds. The van der Waals surface area contributed by atoms with Crippen molar-refractivity contribution in [1.82, 2.24) is 0 Å². The molecule has 0 aliphatic heterocycles. The maximum Gasteiger partial charge on any atom is 0.395 e. The Morgan fingerprint density at radius 2 is 1.46 bits per heavy atom. The third-order valence-corrected chi connectivity index (χ3v) is 4.62. The van der Waals surface area contributed by atoms with Crippen molar-refractivity contribution >= 4 is 11.4 Å². The molecule has 0 aromatic heterocycles. The molecule has 0 saturated heterocycles. The molecule has 146 valence electrons. The van der Waals surface area contributed by atoms with Crippen molar-refractivity contribution in [1.29, 1.82) is 0 Å². The van der Waals surface area contributed by atoms with Gasteiger partial charge in [-0.3, -0.25) is 0 Å². The Hall–Kier alpha value is -2.82. The highest BCUT2D eigenvalue weighted by atomic mass is 19.4. The van der Waals surface area contributed by atoms with Crippen molar-refractivity contribution in [3.05, 3.63) is 95.8 Å². The van der Waals surface area contributed by atoms with E-state index >= 15 is 0 Å². The van der Waals surface area contributed by atoms with E-state index in [1.165, 1.54) is 12.1 Å². The molecule has 1 N–H and O–H groups in total. The van der Waals surface area contributed by atoms with E-state index in [0.29, 0.717) is 12.8 Å². The Morgan fingerprint density at radius 3 is 2.14 bits per heavy atom. The standard InChI is InChI=1S/C23H21F4N/c24-19-14-12-18(13-15-19)22(23(25,26)27)11-5-7-17-6-4-10-21(16-17)28-20-8-2-1-3-9-20/h1-4,6,8-10,12-16,22,28H,5,7,11H2. The van der Waals surface area contributed by atoms with Crippen LogP contribution in [0.3, 0.4) is 0 Å². The first-order valence-corrected chi connectivity index (χ1v) is 9.15. The molecule has 28 heavy (non-hydrogen) atoms. The topological polar surface area (TPSA) is 12.0 Å². The fourth-order valence-corrected chi connectivity index (χ4v) is 3.22. The number of alkyl halides is 3. The van der Waals surface area contributed by atoms with Crippen LogP contribution in [0.4, 0.5) is 28.9 Å². The second kappa shape index (κ2) is 8.91. The Bertz CT molecular complexity index is 873. The van der Waals surface area contributed by atoms with Gasteiger partial charge in [0.05, 0.1) is 5.92 Å². The number of halogens is 4. The average molecular weight is 387 g/mol. The molecule has 0 fully saturated rings. The van der Waals surface area contributed by atoms with E-state index in [-0.39, 0.29) is 12.0 Å². The molecule has 1 nitrogen and oxygen atoms in total. The second-order valence-corrected chi connectivity index (χ2v) is 6.73. The molecule has 0 aliphatic rings. The van der Waals surface area contributed by atoms with E-state index < -0.39 is 17.9 Å². The number of aryl methyl sites for hydroxylation is 1. The van der Waals surface area contributed by atoms with Crippen LogP contribution in [0.5, 0.6) is 0 Å². The van der Waals surface area contributed by atoms with Crippen molar-refractivity contribution in [2.24, 2.45) is 0 Å². The van der Waals surface area contributed by atoms with Crippen LogP contribution in [0, 0.1) is 5.82 Å². The van der Waals surface area contributed by atoms with Crippen LogP contribution in [0.2, 0.25) is 0 Å². The lowest BCUT2D eigenvalue weighted by atomic mass is 9.92. The van der Waals surface area contributed by atoms with Crippen LogP contribution in [-0.2, 0) is 6.42 Å². The predicted octanol–water partition coefficient (Wildman–Crippen LogP) is 7.24. The van der Waals surface area contributed by atoms with Gasteiger partial charge >= 0.3 is 6.18 Å². The number of anilines is 2. The zero-order valence-corrected chi connectivity index (χ0v) is 15.2. The van der Waals surface area contributed by atoms with Crippen LogP contribution in [0.15, 0.2) is 78.9 Å². The van der Waals surface area contributed by atoms with Gasteiger partial charge in [-0.05, 0) is 66.8 Å². The van der Waals surface area contributed by atoms with Crippen LogP contribution in [-0.4, -0.2) is 6.18 Å². The van der Waals surface area contributed by atoms with E-state index in [1.807, 2.05) is 54.6 Å². The third-order valence-electron chi connectivity index (χ3n) is 4.62. The lowest BCUT2D eigenvalue weighted by Gasteiger charge is -2.21. The first kappa shape index (κ1) is 19.9. The zero-order valence-electron chi connectivity index (χ0n) is 15.2. The molecule has 0 radical (unpaired) electrons. The number of rotatable bonds is 7. The monoisotopic (exact) mass is 387 g/mol. The lowest BCUT2D eigenvalue weighted by molar-refractivity contribution is -0.152. The van der Waals surface area contributed by atoms with Crippen molar-refractivity contribution in [2.45, 2.75) is 31.4 Å². The summed E-state index contributed by atoms with van der Waals surface area (Å²) in [5.74, 6) is -2.12. The average Bonchev–Trinajstić information content (AvgIpc) is 2.66. The van der Waals surface area contributed by atoms with E-state index in [4.69, 9.17) is 0 Å². The van der Waals surface area contributed by atoms with E-state index in [0.717, 1.165) is 29.1 Å². The summed E-state index contributed by atoms with van der Waals surface area (Å²) in [5, 5.41) is 3.28. The summed E-state index contributed by atoms with van der Waals surface area (Å²) in [6, 6.07) is 22.0. The summed E-state index contributed by atoms with van der Waals surface area (Å²) in [7, 11) is 0. The van der Waals surface area contributed by atoms with Crippen LogP contribution in [0.25, 0.3) is 0 Å². The predicted molar refractivity (Wildman–Crippen MR) is 104 cm³/mol. The first-order valence-electron chi connectivity index (χ1n) is 9.15. The van der Waals surface area contributed by atoms with Gasteiger partial charge in [-0.1, -0.05) is 42.5 Å². The van der Waals surface area contributed by atoms with Gasteiger partial charge in [0.25, 0.3) is 0 Å². The van der Waals surface area contributed by atoms with Crippen LogP contribution < -0.4 is 5.32 Å². The molecule has 5 heteroatoms. The van der Waals surface area contributed by atoms with Gasteiger partial charge in [0, 0.05) is 11.4 Å². The molecule has 0 bridgehead atoms. The number of hydrogen-bond donors (Lipinski definition) is 1. The zero-order chi connectivity index (χ0) is 20.0. The van der Waals surface area contributed by atoms with Crippen LogP contribution in [0.1, 0.15) is 29.9 Å². The number of para-hydroxylation sites is 1. The summed E-state index contributed by atoms with van der Waals surface area (Å²) < 4.78 is 53.3. The third kappa shape index (κ3) is 5.59. The maximum absolute atomic E-state index is 13.4. The fraction of sp³-hybridized carbons (Fsp3) is 0.217. The van der Waals surface area contributed by atoms with Gasteiger partial charge in [0.1, 0.15) is 5.82 Å². The Labute approximate surface area is 162 Å². The second-order valence-electron chi connectivity index (χ2n) is 6.73. The Balaban J connectivity index is 1.62. The number of nitrogens with one attached hydrogen (secondary N) is 1. The molecule has 1 atom stereocenters. The van der Waals surface area contributed by atoms with Crippen molar-refractivity contribution in [3.8, 4) is 0 Å². The molecule has 3 aromatic carbocycles. The summed E-state index contributed by atoms with van der Waals surface area (Å²) in [6.45, 7) is 0. The summed E-state index contributed by atoms with van der Waals surface area (Å²) in [6.07, 6.45) is -3.46. The lowest BCUT2D eigenvalue weighted by Crippen LogP contribution is -2.21. The van der Waals surface area contributed by atoms with Gasteiger partial charge in [-0.15, -0.1) is 0 Å². The van der Waals surface area contributed by atoms with Gasteiger partial charge < -0.3 is 5.32 Å². The molecule has 1 unspecified atom stereocenters. The van der Waals surface area contributed by atoms with Gasteiger partial charge in [-0.2, -0.15) is 13.2 Å². The summed E-state index contributed by atoms with van der Waals surface area (Å²) >= 11 is 0. The Kier molecular flexibility index (Phi) is 6.34. The van der Waals surface area contributed by atoms with Gasteiger partial charge in [0.15, 0.2) is 0 Å². The summed E-state index contributed by atoms with van der Waals surface area (Å²) in [4.78, 5) is 0. The highest BCUT2D eigenvalue weighted by Crippen LogP contribution is 2.38. The summed E-state index contributed by atoms with van der Waals surface area (Å²) in [5.41, 5.74) is 2.93. The minimum atomic E-state index is -4.35. The largest absolute Gasteiger partial charge is 0.395 e. The molecule has 0 spiro atoms. The molecular formula is C23H21F4N. The minimum absolute atomic E-state index is 0.0362. The SMILES string of the molecule is Fc1ccc(C(CCCc2cccc(Nc3ccccc3)c2)C(F)(F)F)cc1.